The van der Waals surface area contributed by atoms with Crippen molar-refractivity contribution in [2.24, 2.45) is 4.99 Å². The van der Waals surface area contributed by atoms with Gasteiger partial charge >= 0.3 is 0 Å². The molecule has 0 aliphatic carbocycles. The molecule has 0 fully saturated rings. The Bertz CT molecular complexity index is 579. The third kappa shape index (κ3) is 2.08. The number of hydrogen-bond donors (Lipinski definition) is 2. The molecule has 5 nitrogen and oxygen atoms in total. The number of aryl methyl sites for hydroxylation is 1. The van der Waals surface area contributed by atoms with Crippen LogP contribution >= 0.6 is 0 Å². The first-order valence-electron chi connectivity index (χ1n) is 5.76. The van der Waals surface area contributed by atoms with Gasteiger partial charge in [-0.2, -0.15) is 0 Å². The van der Waals surface area contributed by atoms with Gasteiger partial charge in [0.1, 0.15) is 5.69 Å². The van der Waals surface area contributed by atoms with Crippen molar-refractivity contribution in [3.05, 3.63) is 59.7 Å². The molecule has 0 saturated heterocycles. The second kappa shape index (κ2) is 4.54. The molecule has 5 heteroatoms. The highest BCUT2D eigenvalue weighted by Gasteiger charge is 2.20. The second-order valence-electron chi connectivity index (χ2n) is 4.12. The lowest BCUT2D eigenvalue weighted by Gasteiger charge is -2.05. The van der Waals surface area contributed by atoms with Crippen LogP contribution in [0.1, 0.15) is 23.1 Å². The van der Waals surface area contributed by atoms with E-state index >= 15 is 0 Å². The summed E-state index contributed by atoms with van der Waals surface area (Å²) in [6, 6.07) is 9.73. The van der Waals surface area contributed by atoms with Crippen LogP contribution in [0.4, 0.5) is 0 Å². The van der Waals surface area contributed by atoms with Crippen LogP contribution < -0.4 is 10.9 Å². The summed E-state index contributed by atoms with van der Waals surface area (Å²) in [5, 5.41) is 0. The second-order valence-corrected chi connectivity index (χ2v) is 4.12. The molecule has 1 aliphatic heterocycles. The van der Waals surface area contributed by atoms with Crippen molar-refractivity contribution in [3.63, 3.8) is 0 Å². The highest BCUT2D eigenvalue weighted by molar-refractivity contribution is 5.97. The number of rotatable bonds is 2. The van der Waals surface area contributed by atoms with Gasteiger partial charge < -0.3 is 5.43 Å². The van der Waals surface area contributed by atoms with Crippen molar-refractivity contribution in [3.8, 4) is 0 Å². The third-order valence-electron chi connectivity index (χ3n) is 2.71. The molecule has 1 atom stereocenters. The molecule has 2 aromatic heterocycles. The van der Waals surface area contributed by atoms with Crippen LogP contribution in [0, 0.1) is 6.92 Å². The van der Waals surface area contributed by atoms with E-state index in [1.807, 2.05) is 37.3 Å². The monoisotopic (exact) mass is 239 g/mol. The molecule has 0 spiro atoms. The van der Waals surface area contributed by atoms with E-state index in [4.69, 9.17) is 0 Å². The first-order chi connectivity index (χ1) is 8.83. The summed E-state index contributed by atoms with van der Waals surface area (Å²) in [7, 11) is 0. The van der Waals surface area contributed by atoms with Crippen LogP contribution in [-0.4, -0.2) is 15.8 Å². The third-order valence-corrected chi connectivity index (χ3v) is 2.71. The van der Waals surface area contributed by atoms with Crippen LogP contribution in [-0.2, 0) is 0 Å². The van der Waals surface area contributed by atoms with E-state index in [0.717, 1.165) is 22.8 Å². The van der Waals surface area contributed by atoms with Gasteiger partial charge in [-0.3, -0.25) is 9.97 Å². The molecule has 0 saturated carbocycles. The van der Waals surface area contributed by atoms with Crippen molar-refractivity contribution in [1.82, 2.24) is 20.8 Å². The smallest absolute Gasteiger partial charge is 0.163 e. The Hall–Kier alpha value is -2.27. The molecule has 0 radical (unpaired) electrons. The van der Waals surface area contributed by atoms with Crippen LogP contribution in [0.15, 0.2) is 47.7 Å². The van der Waals surface area contributed by atoms with Gasteiger partial charge in [0.05, 0.1) is 5.69 Å². The van der Waals surface area contributed by atoms with E-state index < -0.39 is 0 Å². The van der Waals surface area contributed by atoms with Gasteiger partial charge in [-0.1, -0.05) is 6.07 Å². The lowest BCUT2D eigenvalue weighted by Crippen LogP contribution is -2.32. The van der Waals surface area contributed by atoms with Crippen LogP contribution in [0.5, 0.6) is 0 Å². The number of pyridine rings is 2. The molecule has 3 rings (SSSR count). The Kier molecular flexibility index (Phi) is 2.74. The maximum absolute atomic E-state index is 4.54. The van der Waals surface area contributed by atoms with E-state index in [-0.39, 0.29) is 6.17 Å². The predicted octanol–water partition coefficient (Wildman–Crippen LogP) is 1.34. The van der Waals surface area contributed by atoms with Crippen molar-refractivity contribution < 1.29 is 0 Å². The van der Waals surface area contributed by atoms with Crippen molar-refractivity contribution in [2.75, 3.05) is 0 Å². The molecule has 2 aromatic rings. The zero-order chi connectivity index (χ0) is 12.4. The van der Waals surface area contributed by atoms with Crippen molar-refractivity contribution in [2.45, 2.75) is 13.1 Å². The molecule has 90 valence electrons. The fourth-order valence-corrected chi connectivity index (χ4v) is 1.80. The van der Waals surface area contributed by atoms with E-state index in [1.54, 1.807) is 12.4 Å². The molecule has 0 aromatic carbocycles. The van der Waals surface area contributed by atoms with E-state index in [0.29, 0.717) is 0 Å². The van der Waals surface area contributed by atoms with Gasteiger partial charge in [-0.15, -0.1) is 0 Å². The largest absolute Gasteiger partial charge is 0.302 e. The van der Waals surface area contributed by atoms with Crippen LogP contribution in [0.3, 0.4) is 0 Å². The van der Waals surface area contributed by atoms with E-state index in [2.05, 4.69) is 25.8 Å². The van der Waals surface area contributed by atoms with Gasteiger partial charge in [-0.25, -0.2) is 10.4 Å². The summed E-state index contributed by atoms with van der Waals surface area (Å²) < 4.78 is 0. The standard InChI is InChI=1S/C13H13N5/c1-9-5-7-15-11(8-9)13-16-12(17-18-13)10-4-2-3-6-14-10/h2-8,12,17H,1H3,(H,16,18). The van der Waals surface area contributed by atoms with E-state index in [1.165, 1.54) is 0 Å². The Labute approximate surface area is 105 Å². The maximum Gasteiger partial charge on any atom is 0.163 e. The summed E-state index contributed by atoms with van der Waals surface area (Å²) >= 11 is 0. The van der Waals surface area contributed by atoms with Crippen molar-refractivity contribution in [1.29, 1.82) is 0 Å². The van der Waals surface area contributed by atoms with Gasteiger partial charge in [0.15, 0.2) is 12.0 Å². The quantitative estimate of drug-likeness (QED) is 0.830. The minimum Gasteiger partial charge on any atom is -0.302 e. The number of amidine groups is 1. The van der Waals surface area contributed by atoms with Gasteiger partial charge in [0.2, 0.25) is 0 Å². The number of aliphatic imine (C=N–C) groups is 1. The number of hydrazine groups is 1. The molecule has 1 aliphatic rings. The number of aromatic nitrogens is 2. The van der Waals surface area contributed by atoms with Gasteiger partial charge in [0, 0.05) is 12.4 Å². The average Bonchev–Trinajstić information content (AvgIpc) is 2.89. The molecule has 1 unspecified atom stereocenters. The molecule has 0 bridgehead atoms. The number of nitrogens with zero attached hydrogens (tertiary/aromatic N) is 3. The molecule has 3 heterocycles. The van der Waals surface area contributed by atoms with Crippen molar-refractivity contribution >= 4 is 5.84 Å². The topological polar surface area (TPSA) is 62.2 Å². The Morgan fingerprint density at radius 2 is 2.06 bits per heavy atom. The SMILES string of the molecule is Cc1ccnc(C2=NC(c3ccccn3)NN2)c1. The maximum atomic E-state index is 4.54. The molecule has 0 amide bonds. The molecular weight excluding hydrogens is 226 g/mol. The molecule has 2 N–H and O–H groups in total. The summed E-state index contributed by atoms with van der Waals surface area (Å²) in [5.74, 6) is 0.745. The number of hydrogen-bond acceptors (Lipinski definition) is 5. The highest BCUT2D eigenvalue weighted by Crippen LogP contribution is 2.15. The first kappa shape index (κ1) is 10.9. The Balaban J connectivity index is 1.88. The van der Waals surface area contributed by atoms with Crippen LogP contribution in [0.2, 0.25) is 0 Å². The average molecular weight is 239 g/mol. The Morgan fingerprint density at radius 3 is 2.83 bits per heavy atom. The normalized spacial score (nSPS) is 18.3. The summed E-state index contributed by atoms with van der Waals surface area (Å²) in [4.78, 5) is 13.1. The Morgan fingerprint density at radius 1 is 1.11 bits per heavy atom. The zero-order valence-electron chi connectivity index (χ0n) is 9.96. The van der Waals surface area contributed by atoms with Gasteiger partial charge in [0.25, 0.3) is 0 Å². The van der Waals surface area contributed by atoms with Crippen LogP contribution in [0.25, 0.3) is 0 Å². The molecular formula is C13H13N5. The lowest BCUT2D eigenvalue weighted by molar-refractivity contribution is 0.561. The first-order valence-corrected chi connectivity index (χ1v) is 5.76. The predicted molar refractivity (Wildman–Crippen MR) is 68.8 cm³/mol. The zero-order valence-corrected chi connectivity index (χ0v) is 9.96. The highest BCUT2D eigenvalue weighted by atomic mass is 15.5. The summed E-state index contributed by atoms with van der Waals surface area (Å²) in [5.41, 5.74) is 9.01. The molecule has 18 heavy (non-hydrogen) atoms. The minimum absolute atomic E-state index is 0.163. The summed E-state index contributed by atoms with van der Waals surface area (Å²) in [6.07, 6.45) is 3.38. The lowest BCUT2D eigenvalue weighted by atomic mass is 10.2. The fraction of sp³-hybridized carbons (Fsp3) is 0.154. The fourth-order valence-electron chi connectivity index (χ4n) is 1.80. The van der Waals surface area contributed by atoms with Gasteiger partial charge in [-0.05, 0) is 36.8 Å². The summed E-state index contributed by atoms with van der Waals surface area (Å²) in [6.45, 7) is 2.03. The van der Waals surface area contributed by atoms with E-state index in [9.17, 15) is 0 Å². The minimum atomic E-state index is -0.163. The number of nitrogens with one attached hydrogen (secondary N) is 2.